The molecule has 1 aliphatic carbocycles. The van der Waals surface area contributed by atoms with Gasteiger partial charge in [0.25, 0.3) is 0 Å². The van der Waals surface area contributed by atoms with Crippen molar-refractivity contribution in [3.8, 4) is 0 Å². The Bertz CT molecular complexity index is 956. The Morgan fingerprint density at radius 1 is 0.750 bits per heavy atom. The van der Waals surface area contributed by atoms with E-state index in [-0.39, 0.29) is 12.4 Å². The Morgan fingerprint density at radius 3 is 1.93 bits per heavy atom. The third-order valence-electron chi connectivity index (χ3n) is 5.18. The molecule has 3 aromatic rings. The smallest absolute Gasteiger partial charge is 1.00 e. The van der Waals surface area contributed by atoms with Gasteiger partial charge in [0.05, 0.1) is 0 Å². The molecule has 0 fully saturated rings. The standard InChI is InChI=1S/C12H11.2C7H7.ClH.Ti/c1-2-6-11(7-3-1)10-12-8-4-5-9-12;2*1-7-5-3-2-4-6-7;;/h1-4,6-8H,5,10H2;2*2-3,5-6H,1H3;1H;/q;;;;+1/p-1. The minimum atomic E-state index is -1.79. The first kappa shape index (κ1) is 20.9. The number of hydrogen-bond acceptors (Lipinski definition) is 0. The van der Waals surface area contributed by atoms with E-state index >= 15 is 0 Å². The van der Waals surface area contributed by atoms with Crippen LogP contribution in [0.25, 0.3) is 0 Å². The van der Waals surface area contributed by atoms with Crippen LogP contribution in [0.5, 0.6) is 0 Å². The van der Waals surface area contributed by atoms with E-state index in [1.165, 1.54) is 16.7 Å². The van der Waals surface area contributed by atoms with Crippen LogP contribution in [0.1, 0.15) is 23.1 Å². The van der Waals surface area contributed by atoms with Crippen LogP contribution < -0.4 is 20.1 Å². The molecule has 0 heterocycles. The zero-order valence-electron chi connectivity index (χ0n) is 16.5. The van der Waals surface area contributed by atoms with Crippen molar-refractivity contribution in [1.29, 1.82) is 0 Å². The van der Waals surface area contributed by atoms with Gasteiger partial charge in [-0.1, -0.05) is 0 Å². The molecule has 0 aromatic heterocycles. The van der Waals surface area contributed by atoms with E-state index in [0.29, 0.717) is 0 Å². The third-order valence-corrected chi connectivity index (χ3v) is 9.72. The number of hydrogen-bond donors (Lipinski definition) is 0. The van der Waals surface area contributed by atoms with Crippen molar-refractivity contribution in [3.63, 3.8) is 0 Å². The quantitative estimate of drug-likeness (QED) is 0.556. The molecular weight excluding hydrogens is 396 g/mol. The maximum atomic E-state index is 2.42. The summed E-state index contributed by atoms with van der Waals surface area (Å²) in [5.41, 5.74) is 5.67. The summed E-state index contributed by atoms with van der Waals surface area (Å²) in [4.78, 5) is 0. The second kappa shape index (κ2) is 9.57. The molecule has 0 N–H and O–H groups in total. The minimum absolute atomic E-state index is 0. The van der Waals surface area contributed by atoms with Crippen molar-refractivity contribution in [3.05, 3.63) is 117 Å². The maximum Gasteiger partial charge on any atom is -1.00 e. The average molecular weight is 421 g/mol. The van der Waals surface area contributed by atoms with Gasteiger partial charge in [-0.3, -0.25) is 0 Å². The van der Waals surface area contributed by atoms with Gasteiger partial charge >= 0.3 is 169 Å². The van der Waals surface area contributed by atoms with Gasteiger partial charge in [0, 0.05) is 0 Å². The summed E-state index contributed by atoms with van der Waals surface area (Å²) >= 11 is -1.79. The average Bonchev–Trinajstić information content (AvgIpc) is 3.11. The second-order valence-electron chi connectivity index (χ2n) is 7.39. The van der Waals surface area contributed by atoms with Crippen LogP contribution in [0.4, 0.5) is 0 Å². The van der Waals surface area contributed by atoms with Crippen LogP contribution in [-0.4, -0.2) is 0 Å². The molecule has 0 saturated heterocycles. The molecule has 0 bridgehead atoms. The summed E-state index contributed by atoms with van der Waals surface area (Å²) in [6, 6.07) is 29.3. The van der Waals surface area contributed by atoms with E-state index in [4.69, 9.17) is 0 Å². The van der Waals surface area contributed by atoms with Gasteiger partial charge in [0.1, 0.15) is 0 Å². The van der Waals surface area contributed by atoms with Crippen molar-refractivity contribution >= 4 is 7.74 Å². The van der Waals surface area contributed by atoms with Gasteiger partial charge in [0.15, 0.2) is 0 Å². The molecule has 28 heavy (non-hydrogen) atoms. The Kier molecular flexibility index (Phi) is 7.13. The maximum absolute atomic E-state index is 2.42. The Morgan fingerprint density at radius 2 is 1.36 bits per heavy atom. The molecule has 2 heteroatoms. The number of benzene rings is 3. The summed E-state index contributed by atoms with van der Waals surface area (Å²) in [6.07, 6.45) is 6.90. The summed E-state index contributed by atoms with van der Waals surface area (Å²) in [7, 11) is 0. The molecule has 1 aliphatic rings. The van der Waals surface area contributed by atoms with Crippen LogP contribution >= 0.6 is 0 Å². The predicted octanol–water partition coefficient (Wildman–Crippen LogP) is 2.33. The van der Waals surface area contributed by atoms with Crippen LogP contribution in [0.3, 0.4) is 0 Å². The first-order valence-electron chi connectivity index (χ1n) is 9.64. The molecule has 0 unspecified atom stereocenters. The van der Waals surface area contributed by atoms with Gasteiger partial charge in [0.2, 0.25) is 0 Å². The fraction of sp³-hybridized carbons (Fsp3) is 0.154. The van der Waals surface area contributed by atoms with Crippen molar-refractivity contribution < 1.29 is 30.3 Å². The zero-order chi connectivity index (χ0) is 18.6. The van der Waals surface area contributed by atoms with E-state index in [2.05, 4.69) is 105 Å². The molecule has 3 aromatic carbocycles. The van der Waals surface area contributed by atoms with Gasteiger partial charge in [-0.25, -0.2) is 0 Å². The number of rotatable bonds is 5. The molecule has 0 amide bonds. The number of allylic oxidation sites excluding steroid dienone is 4. The van der Waals surface area contributed by atoms with Crippen molar-refractivity contribution in [2.45, 2.75) is 26.7 Å². The zero-order valence-corrected chi connectivity index (χ0v) is 18.8. The van der Waals surface area contributed by atoms with Crippen molar-refractivity contribution in [2.24, 2.45) is 0 Å². The van der Waals surface area contributed by atoms with Crippen LogP contribution in [0.2, 0.25) is 0 Å². The molecule has 4 rings (SSSR count). The summed E-state index contributed by atoms with van der Waals surface area (Å²) in [5, 5.41) is 0. The fourth-order valence-corrected chi connectivity index (χ4v) is 8.78. The number of halogens is 1. The normalized spacial score (nSPS) is 12.8. The Labute approximate surface area is 181 Å². The van der Waals surface area contributed by atoms with Gasteiger partial charge in [-0.15, -0.1) is 0 Å². The topological polar surface area (TPSA) is 0 Å². The molecule has 140 valence electrons. The summed E-state index contributed by atoms with van der Waals surface area (Å²) < 4.78 is 4.82. The van der Waals surface area contributed by atoms with Crippen LogP contribution in [0, 0.1) is 13.8 Å². The van der Waals surface area contributed by atoms with Crippen molar-refractivity contribution in [2.75, 3.05) is 0 Å². The van der Waals surface area contributed by atoms with E-state index in [1.54, 1.807) is 17.2 Å². The predicted molar refractivity (Wildman–Crippen MR) is 113 cm³/mol. The van der Waals surface area contributed by atoms with Gasteiger partial charge < -0.3 is 12.4 Å². The van der Waals surface area contributed by atoms with E-state index < -0.39 is 17.9 Å². The summed E-state index contributed by atoms with van der Waals surface area (Å²) in [5.74, 6) is 0. The molecule has 0 aliphatic heterocycles. The SMILES string of the molecule is Cc1ccc[c]([Ti+]([C]2=C(Cc3ccccc3)C=CC2)[c]2cccc(C)c2)c1.[Cl-]. The van der Waals surface area contributed by atoms with Crippen LogP contribution in [-0.2, 0) is 24.3 Å². The molecular formula is C26H25ClTi. The fourth-order valence-electron chi connectivity index (χ4n) is 3.91. The first-order valence-corrected chi connectivity index (χ1v) is 12.0. The minimum Gasteiger partial charge on any atom is -1.00 e. The molecule has 0 atom stereocenters. The van der Waals surface area contributed by atoms with Gasteiger partial charge in [-0.2, -0.15) is 0 Å². The molecule has 0 radical (unpaired) electrons. The monoisotopic (exact) mass is 420 g/mol. The third kappa shape index (κ3) is 4.76. The second-order valence-corrected chi connectivity index (χ2v) is 11.3. The molecule has 0 spiro atoms. The van der Waals surface area contributed by atoms with Gasteiger partial charge in [-0.05, 0) is 0 Å². The first-order chi connectivity index (χ1) is 13.2. The van der Waals surface area contributed by atoms with Crippen molar-refractivity contribution in [1.82, 2.24) is 0 Å². The Balaban J connectivity index is 0.00000225. The largest absolute Gasteiger partial charge is 1.00 e. The summed E-state index contributed by atoms with van der Waals surface area (Å²) in [6.45, 7) is 4.42. The molecule has 0 saturated carbocycles. The number of aryl methyl sites for hydroxylation is 2. The van der Waals surface area contributed by atoms with E-state index in [0.717, 1.165) is 12.8 Å². The molecule has 0 nitrogen and oxygen atoms in total. The van der Waals surface area contributed by atoms with Crippen LogP contribution in [0.15, 0.2) is 100 Å². The van der Waals surface area contributed by atoms with E-state index in [9.17, 15) is 0 Å². The van der Waals surface area contributed by atoms with E-state index in [1.807, 2.05) is 0 Å². The Hall–Kier alpha value is -1.86.